The fraction of sp³-hybridized carbons (Fsp3) is 0. The molecule has 0 radical (unpaired) electrons. The van der Waals surface area contributed by atoms with E-state index < -0.39 is 0 Å². The van der Waals surface area contributed by atoms with Crippen molar-refractivity contribution < 1.29 is 4.74 Å². The van der Waals surface area contributed by atoms with Crippen LogP contribution in [0.1, 0.15) is 5.56 Å². The van der Waals surface area contributed by atoms with Crippen molar-refractivity contribution in [2.45, 2.75) is 0 Å². The Hall–Kier alpha value is -0.620. The summed E-state index contributed by atoms with van der Waals surface area (Å²) in [7, 11) is 0. The van der Waals surface area contributed by atoms with Gasteiger partial charge in [-0.2, -0.15) is 0 Å². The third-order valence-electron chi connectivity index (χ3n) is 2.33. The van der Waals surface area contributed by atoms with Gasteiger partial charge in [0.25, 0.3) is 0 Å². The van der Waals surface area contributed by atoms with Crippen LogP contribution in [-0.2, 0) is 0 Å². The number of halogens is 3. The molecule has 19 heavy (non-hydrogen) atoms. The normalized spacial score (nSPS) is 10.3. The molecule has 0 amide bonds. The van der Waals surface area contributed by atoms with E-state index in [2.05, 4.69) is 31.9 Å². The van der Waals surface area contributed by atoms with E-state index in [9.17, 15) is 0 Å². The minimum Gasteiger partial charge on any atom is -0.456 e. The highest BCUT2D eigenvalue weighted by Crippen LogP contribution is 2.33. The first kappa shape index (κ1) is 14.8. The van der Waals surface area contributed by atoms with Gasteiger partial charge in [0.15, 0.2) is 0 Å². The lowest BCUT2D eigenvalue weighted by Crippen LogP contribution is -2.09. The van der Waals surface area contributed by atoms with Crippen molar-refractivity contribution in [3.8, 4) is 11.5 Å². The predicted molar refractivity (Wildman–Crippen MR) is 89.3 cm³/mol. The quantitative estimate of drug-likeness (QED) is 0.684. The molecule has 0 aliphatic carbocycles. The molecule has 0 fully saturated rings. The fourth-order valence-corrected chi connectivity index (χ4v) is 3.09. The highest BCUT2D eigenvalue weighted by molar-refractivity contribution is 9.10. The molecular formula is C13H8Br2ClNOS. The topological polar surface area (TPSA) is 35.2 Å². The van der Waals surface area contributed by atoms with Crippen LogP contribution in [0, 0.1) is 0 Å². The second kappa shape index (κ2) is 6.22. The van der Waals surface area contributed by atoms with Gasteiger partial charge in [-0.15, -0.1) is 0 Å². The number of hydrogen-bond acceptors (Lipinski definition) is 2. The van der Waals surface area contributed by atoms with Gasteiger partial charge in [-0.1, -0.05) is 23.8 Å². The minimum atomic E-state index is 0.339. The van der Waals surface area contributed by atoms with Gasteiger partial charge >= 0.3 is 0 Å². The van der Waals surface area contributed by atoms with Crippen LogP contribution in [0.25, 0.3) is 0 Å². The van der Waals surface area contributed by atoms with Gasteiger partial charge in [0, 0.05) is 15.1 Å². The molecule has 0 aliphatic heterocycles. The van der Waals surface area contributed by atoms with Crippen LogP contribution < -0.4 is 10.5 Å². The predicted octanol–water partition coefficient (Wildman–Crippen LogP) is 5.29. The molecule has 6 heteroatoms. The van der Waals surface area contributed by atoms with E-state index in [1.807, 2.05) is 12.1 Å². The molecule has 2 N–H and O–H groups in total. The molecule has 2 aromatic rings. The van der Waals surface area contributed by atoms with Crippen LogP contribution in [0.3, 0.4) is 0 Å². The Morgan fingerprint density at radius 3 is 2.42 bits per heavy atom. The lowest BCUT2D eigenvalue weighted by molar-refractivity contribution is 0.479. The summed E-state index contributed by atoms with van der Waals surface area (Å²) in [6.45, 7) is 0. The van der Waals surface area contributed by atoms with Crippen LogP contribution in [0.4, 0.5) is 0 Å². The van der Waals surface area contributed by atoms with Crippen LogP contribution in [0.15, 0.2) is 45.3 Å². The summed E-state index contributed by atoms with van der Waals surface area (Å²) in [6, 6.07) is 10.8. The molecule has 0 aliphatic rings. The molecule has 0 aromatic heterocycles. The van der Waals surface area contributed by atoms with Crippen molar-refractivity contribution in [1.29, 1.82) is 0 Å². The number of ether oxygens (including phenoxy) is 1. The molecule has 0 unspecified atom stereocenters. The van der Waals surface area contributed by atoms with Crippen LogP contribution >= 0.6 is 55.7 Å². The third-order valence-corrected chi connectivity index (χ3v) is 4.06. The lowest BCUT2D eigenvalue weighted by atomic mass is 10.2. The molecule has 0 saturated heterocycles. The average Bonchev–Trinajstić information content (AvgIpc) is 2.32. The molecular weight excluding hydrogens is 413 g/mol. The lowest BCUT2D eigenvalue weighted by Gasteiger charge is -2.10. The monoisotopic (exact) mass is 419 g/mol. The molecule has 2 rings (SSSR count). The van der Waals surface area contributed by atoms with E-state index in [1.165, 1.54) is 0 Å². The molecule has 2 nitrogen and oxygen atoms in total. The molecule has 0 saturated carbocycles. The maximum Gasteiger partial charge on any atom is 0.141 e. The zero-order chi connectivity index (χ0) is 14.0. The van der Waals surface area contributed by atoms with Crippen molar-refractivity contribution in [2.75, 3.05) is 0 Å². The van der Waals surface area contributed by atoms with E-state index in [1.54, 1.807) is 24.3 Å². The summed E-state index contributed by atoms with van der Waals surface area (Å²) in [5, 5.41) is 0.643. The summed E-state index contributed by atoms with van der Waals surface area (Å²) in [6.07, 6.45) is 0. The van der Waals surface area contributed by atoms with Crippen LogP contribution in [0.2, 0.25) is 5.02 Å². The number of benzene rings is 2. The van der Waals surface area contributed by atoms with E-state index in [0.29, 0.717) is 21.5 Å². The van der Waals surface area contributed by atoms with Gasteiger partial charge < -0.3 is 10.5 Å². The number of thiocarbonyl (C=S) groups is 1. The minimum absolute atomic E-state index is 0.339. The average molecular weight is 422 g/mol. The number of rotatable bonds is 3. The van der Waals surface area contributed by atoms with E-state index in [0.717, 1.165) is 14.5 Å². The van der Waals surface area contributed by atoms with Gasteiger partial charge in [0.1, 0.15) is 16.5 Å². The van der Waals surface area contributed by atoms with Gasteiger partial charge in [0.05, 0.1) is 4.47 Å². The highest BCUT2D eigenvalue weighted by atomic mass is 79.9. The van der Waals surface area contributed by atoms with Crippen molar-refractivity contribution >= 4 is 60.7 Å². The molecule has 2 aromatic carbocycles. The van der Waals surface area contributed by atoms with Gasteiger partial charge in [-0.05, 0) is 68.3 Å². The second-order valence-electron chi connectivity index (χ2n) is 3.68. The van der Waals surface area contributed by atoms with Crippen molar-refractivity contribution in [3.05, 3.63) is 55.9 Å². The molecule has 98 valence electrons. The molecule has 0 spiro atoms. The molecule has 0 atom stereocenters. The molecule has 0 heterocycles. The SMILES string of the molecule is NC(=S)c1ccc(Oc2ccc(Cl)cc2Br)cc1Br. The van der Waals surface area contributed by atoms with Gasteiger partial charge in [-0.25, -0.2) is 0 Å². The van der Waals surface area contributed by atoms with E-state index >= 15 is 0 Å². The van der Waals surface area contributed by atoms with Crippen molar-refractivity contribution in [3.63, 3.8) is 0 Å². The summed E-state index contributed by atoms with van der Waals surface area (Å²) in [5.74, 6) is 1.36. The zero-order valence-electron chi connectivity index (χ0n) is 9.49. The maximum atomic E-state index is 5.88. The van der Waals surface area contributed by atoms with E-state index in [-0.39, 0.29) is 0 Å². The Morgan fingerprint density at radius 1 is 1.11 bits per heavy atom. The maximum absolute atomic E-state index is 5.88. The van der Waals surface area contributed by atoms with Crippen LogP contribution in [0.5, 0.6) is 11.5 Å². The Kier molecular flexibility index (Phi) is 4.84. The Labute approximate surface area is 138 Å². The summed E-state index contributed by atoms with van der Waals surface area (Å²) in [5.41, 5.74) is 6.37. The standard InChI is InChI=1S/C13H8Br2ClNOS/c14-10-6-8(2-3-9(10)13(17)19)18-12-4-1-7(16)5-11(12)15/h1-6H,(H2,17,19). The van der Waals surface area contributed by atoms with Crippen molar-refractivity contribution in [1.82, 2.24) is 0 Å². The zero-order valence-corrected chi connectivity index (χ0v) is 14.2. The molecule has 0 bridgehead atoms. The smallest absolute Gasteiger partial charge is 0.141 e. The highest BCUT2D eigenvalue weighted by Gasteiger charge is 2.07. The van der Waals surface area contributed by atoms with Gasteiger partial charge in [-0.3, -0.25) is 0 Å². The first-order valence-corrected chi connectivity index (χ1v) is 7.57. The van der Waals surface area contributed by atoms with Crippen molar-refractivity contribution in [2.24, 2.45) is 5.73 Å². The second-order valence-corrected chi connectivity index (χ2v) is 6.27. The Bertz CT molecular complexity index is 649. The Balaban J connectivity index is 2.29. The number of nitrogens with two attached hydrogens (primary N) is 1. The third kappa shape index (κ3) is 3.69. The first-order valence-electron chi connectivity index (χ1n) is 5.19. The number of hydrogen-bond donors (Lipinski definition) is 1. The fourth-order valence-electron chi connectivity index (χ4n) is 1.44. The summed E-state index contributed by atoms with van der Waals surface area (Å²) >= 11 is 17.6. The van der Waals surface area contributed by atoms with E-state index in [4.69, 9.17) is 34.3 Å². The van der Waals surface area contributed by atoms with Crippen LogP contribution in [-0.4, -0.2) is 4.99 Å². The largest absolute Gasteiger partial charge is 0.456 e. The summed E-state index contributed by atoms with van der Waals surface area (Å²) < 4.78 is 7.34. The van der Waals surface area contributed by atoms with Gasteiger partial charge in [0.2, 0.25) is 0 Å². The summed E-state index contributed by atoms with van der Waals surface area (Å²) in [4.78, 5) is 0.339. The Morgan fingerprint density at radius 2 is 1.84 bits per heavy atom. The first-order chi connectivity index (χ1) is 8.97.